The van der Waals surface area contributed by atoms with E-state index < -0.39 is 11.7 Å². The van der Waals surface area contributed by atoms with Crippen LogP contribution < -0.4 is 0 Å². The lowest BCUT2D eigenvalue weighted by molar-refractivity contribution is -0.137. The van der Waals surface area contributed by atoms with E-state index in [9.17, 15) is 13.2 Å². The summed E-state index contributed by atoms with van der Waals surface area (Å²) >= 11 is 0. The van der Waals surface area contributed by atoms with Gasteiger partial charge in [-0.05, 0) is 30.7 Å². The number of rotatable bonds is 0. The van der Waals surface area contributed by atoms with Crippen molar-refractivity contribution < 1.29 is 13.2 Å². The Labute approximate surface area is 88.1 Å². The maximum Gasteiger partial charge on any atom is 0.416 e. The molecule has 0 saturated carbocycles. The molecule has 0 amide bonds. The number of benzene rings is 1. The van der Waals surface area contributed by atoms with E-state index in [1.807, 2.05) is 13.8 Å². The molecule has 0 N–H and O–H groups in total. The van der Waals surface area contributed by atoms with E-state index in [-0.39, 0.29) is 5.56 Å². The fourth-order valence-corrected chi connectivity index (χ4v) is 1.03. The van der Waals surface area contributed by atoms with E-state index in [0.717, 1.165) is 12.1 Å². The summed E-state index contributed by atoms with van der Waals surface area (Å²) in [5.41, 5.74) is 0.0792. The second-order valence-electron chi connectivity index (χ2n) is 2.73. The van der Waals surface area contributed by atoms with Gasteiger partial charge >= 0.3 is 6.18 Å². The van der Waals surface area contributed by atoms with Crippen molar-refractivity contribution in [1.82, 2.24) is 0 Å². The molecule has 82 valence electrons. The highest BCUT2D eigenvalue weighted by Gasteiger charge is 2.30. The minimum absolute atomic E-state index is 0.257. The second-order valence-corrected chi connectivity index (χ2v) is 2.73. The predicted molar refractivity (Wildman–Crippen MR) is 55.5 cm³/mol. The molecular weight excluding hydrogens is 201 g/mol. The first-order valence-electron chi connectivity index (χ1n) is 4.59. The van der Waals surface area contributed by atoms with Gasteiger partial charge in [-0.1, -0.05) is 19.8 Å². The minimum Gasteiger partial charge on any atom is -0.166 e. The Hall–Kier alpha value is -1.43. The van der Waals surface area contributed by atoms with Crippen molar-refractivity contribution in [3.63, 3.8) is 0 Å². The maximum atomic E-state index is 12.2. The summed E-state index contributed by atoms with van der Waals surface area (Å²) in [4.78, 5) is 0. The lowest BCUT2D eigenvalue weighted by Gasteiger charge is -2.07. The second kappa shape index (κ2) is 5.45. The molecule has 0 aliphatic heterocycles. The summed E-state index contributed by atoms with van der Waals surface area (Å²) < 4.78 is 36.6. The Balaban J connectivity index is 0.000000921. The fourth-order valence-electron chi connectivity index (χ4n) is 1.03. The molecule has 0 bridgehead atoms. The van der Waals surface area contributed by atoms with E-state index in [2.05, 4.69) is 5.92 Å². The fraction of sp³-hybridized carbons (Fsp3) is 0.333. The van der Waals surface area contributed by atoms with Crippen molar-refractivity contribution in [2.24, 2.45) is 0 Å². The van der Waals surface area contributed by atoms with Gasteiger partial charge in [0.2, 0.25) is 0 Å². The number of terminal acetylenes is 1. The van der Waals surface area contributed by atoms with Crippen LogP contribution in [0.3, 0.4) is 0 Å². The number of hydrogen-bond acceptors (Lipinski definition) is 0. The minimum atomic E-state index is -4.32. The normalized spacial score (nSPS) is 9.93. The van der Waals surface area contributed by atoms with Crippen LogP contribution in [0.5, 0.6) is 0 Å². The topological polar surface area (TPSA) is 0 Å². The van der Waals surface area contributed by atoms with E-state index in [0.29, 0.717) is 5.56 Å². The standard InChI is InChI=1S/C10H7F3.C2H6/c1-3-8-4-7(2)5-9(6-8)10(11,12)13;1-2/h1,4-6H,2H3;1-2H3. The van der Waals surface area contributed by atoms with Gasteiger partial charge in [-0.3, -0.25) is 0 Å². The average Bonchev–Trinajstić information content (AvgIpc) is 2.18. The summed E-state index contributed by atoms with van der Waals surface area (Å²) in [6, 6.07) is 3.57. The predicted octanol–water partition coefficient (Wildman–Crippen LogP) is 4.02. The first kappa shape index (κ1) is 13.6. The quantitative estimate of drug-likeness (QED) is 0.572. The van der Waals surface area contributed by atoms with Gasteiger partial charge in [0.25, 0.3) is 0 Å². The number of hydrogen-bond donors (Lipinski definition) is 0. The van der Waals surface area contributed by atoms with Crippen LogP contribution in [0.25, 0.3) is 0 Å². The summed E-state index contributed by atoms with van der Waals surface area (Å²) in [5, 5.41) is 0. The third kappa shape index (κ3) is 4.07. The van der Waals surface area contributed by atoms with Gasteiger partial charge in [0.05, 0.1) is 5.56 Å². The monoisotopic (exact) mass is 214 g/mol. The van der Waals surface area contributed by atoms with Crippen molar-refractivity contribution in [1.29, 1.82) is 0 Å². The molecule has 1 rings (SSSR count). The molecule has 0 spiro atoms. The molecule has 0 saturated heterocycles. The Kier molecular flexibility index (Phi) is 4.93. The van der Waals surface area contributed by atoms with Crippen LogP contribution >= 0.6 is 0 Å². The summed E-state index contributed by atoms with van der Waals surface area (Å²) in [6.07, 6.45) is 0.692. The molecule has 0 fully saturated rings. The Morgan fingerprint density at radius 3 is 2.07 bits per heavy atom. The molecule has 0 aliphatic carbocycles. The largest absolute Gasteiger partial charge is 0.416 e. The third-order valence-corrected chi connectivity index (χ3v) is 1.57. The van der Waals surface area contributed by atoms with Crippen molar-refractivity contribution in [2.75, 3.05) is 0 Å². The smallest absolute Gasteiger partial charge is 0.166 e. The number of halogens is 3. The molecule has 0 unspecified atom stereocenters. The Bertz CT molecular complexity index is 356. The van der Waals surface area contributed by atoms with Crippen LogP contribution in [0.15, 0.2) is 18.2 Å². The molecule has 0 aliphatic rings. The van der Waals surface area contributed by atoms with E-state index >= 15 is 0 Å². The van der Waals surface area contributed by atoms with Crippen molar-refractivity contribution in [3.05, 3.63) is 34.9 Å². The van der Waals surface area contributed by atoms with Crippen LogP contribution in [0, 0.1) is 19.3 Å². The number of alkyl halides is 3. The molecule has 0 atom stereocenters. The van der Waals surface area contributed by atoms with Gasteiger partial charge in [0.1, 0.15) is 0 Å². The van der Waals surface area contributed by atoms with Crippen molar-refractivity contribution >= 4 is 0 Å². The van der Waals surface area contributed by atoms with Crippen LogP contribution in [0.1, 0.15) is 30.5 Å². The molecule has 0 radical (unpaired) electrons. The highest BCUT2D eigenvalue weighted by molar-refractivity contribution is 5.39. The zero-order valence-electron chi connectivity index (χ0n) is 8.94. The van der Waals surface area contributed by atoms with Gasteiger partial charge in [-0.25, -0.2) is 0 Å². The third-order valence-electron chi connectivity index (χ3n) is 1.57. The zero-order chi connectivity index (χ0) is 12.1. The van der Waals surface area contributed by atoms with E-state index in [4.69, 9.17) is 6.42 Å². The summed E-state index contributed by atoms with van der Waals surface area (Å²) in [7, 11) is 0. The van der Waals surface area contributed by atoms with Crippen LogP contribution in [0.4, 0.5) is 13.2 Å². The van der Waals surface area contributed by atoms with E-state index in [1.54, 1.807) is 6.92 Å². The summed E-state index contributed by atoms with van der Waals surface area (Å²) in [6.45, 7) is 5.58. The van der Waals surface area contributed by atoms with Crippen molar-refractivity contribution in [3.8, 4) is 12.3 Å². The molecule has 0 heterocycles. The first-order chi connectivity index (χ1) is 6.93. The van der Waals surface area contributed by atoms with Gasteiger partial charge in [-0.2, -0.15) is 13.2 Å². The molecule has 1 aromatic carbocycles. The Morgan fingerprint density at radius 2 is 1.67 bits per heavy atom. The van der Waals surface area contributed by atoms with Crippen molar-refractivity contribution in [2.45, 2.75) is 26.9 Å². The SMILES string of the molecule is C#Cc1cc(C)cc(C(F)(F)F)c1.CC. The zero-order valence-corrected chi connectivity index (χ0v) is 8.94. The highest BCUT2D eigenvalue weighted by Crippen LogP contribution is 2.30. The van der Waals surface area contributed by atoms with Crippen LogP contribution in [-0.2, 0) is 6.18 Å². The first-order valence-corrected chi connectivity index (χ1v) is 4.59. The van der Waals surface area contributed by atoms with Gasteiger partial charge < -0.3 is 0 Å². The van der Waals surface area contributed by atoms with E-state index in [1.165, 1.54) is 6.07 Å². The molecule has 0 nitrogen and oxygen atoms in total. The molecule has 15 heavy (non-hydrogen) atoms. The summed E-state index contributed by atoms with van der Waals surface area (Å²) in [5.74, 6) is 2.18. The molecular formula is C12H13F3. The number of aryl methyl sites for hydroxylation is 1. The Morgan fingerprint density at radius 1 is 1.13 bits per heavy atom. The highest BCUT2D eigenvalue weighted by atomic mass is 19.4. The molecule has 1 aromatic rings. The molecule has 3 heteroatoms. The van der Waals surface area contributed by atoms with Gasteiger partial charge in [0, 0.05) is 5.56 Å². The van der Waals surface area contributed by atoms with Gasteiger partial charge in [0.15, 0.2) is 0 Å². The van der Waals surface area contributed by atoms with Crippen LogP contribution in [0.2, 0.25) is 0 Å². The van der Waals surface area contributed by atoms with Crippen LogP contribution in [-0.4, -0.2) is 0 Å². The molecule has 0 aromatic heterocycles. The lowest BCUT2D eigenvalue weighted by Crippen LogP contribution is -2.05. The maximum absolute atomic E-state index is 12.2. The average molecular weight is 214 g/mol. The lowest BCUT2D eigenvalue weighted by atomic mass is 10.1. The van der Waals surface area contributed by atoms with Gasteiger partial charge in [-0.15, -0.1) is 6.42 Å².